The molecule has 0 spiro atoms. The Morgan fingerprint density at radius 1 is 1.10 bits per heavy atom. The van der Waals surface area contributed by atoms with Crippen LogP contribution in [0.15, 0.2) is 59.3 Å². The molecule has 9 heteroatoms. The molecule has 1 aliphatic carbocycles. The monoisotopic (exact) mass is 406 g/mol. The van der Waals surface area contributed by atoms with Gasteiger partial charge in [-0.3, -0.25) is 4.79 Å². The summed E-state index contributed by atoms with van der Waals surface area (Å²) < 4.78 is 19.0. The fraction of sp³-hybridized carbons (Fsp3) is 0.238. The molecule has 2 aromatic carbocycles. The molecule has 30 heavy (non-hydrogen) atoms. The summed E-state index contributed by atoms with van der Waals surface area (Å²) in [6.07, 6.45) is 5.79. The number of hydrogen-bond donors (Lipinski definition) is 2. The zero-order chi connectivity index (χ0) is 20.5. The number of oxazole rings is 1. The van der Waals surface area contributed by atoms with Crippen molar-refractivity contribution in [1.82, 2.24) is 25.3 Å². The Morgan fingerprint density at radius 2 is 1.90 bits per heavy atom. The number of hydrogen-bond acceptors (Lipinski definition) is 6. The third kappa shape index (κ3) is 3.49. The van der Waals surface area contributed by atoms with Gasteiger partial charge >= 0.3 is 0 Å². The van der Waals surface area contributed by atoms with E-state index in [0.717, 1.165) is 19.3 Å². The van der Waals surface area contributed by atoms with Crippen molar-refractivity contribution < 1.29 is 13.6 Å². The van der Waals surface area contributed by atoms with E-state index in [4.69, 9.17) is 4.42 Å². The number of anilines is 1. The number of aromatic nitrogens is 4. The smallest absolute Gasteiger partial charge is 0.295 e. The third-order valence-corrected chi connectivity index (χ3v) is 5.27. The van der Waals surface area contributed by atoms with Gasteiger partial charge in [0.2, 0.25) is 0 Å². The predicted molar refractivity (Wildman–Crippen MR) is 108 cm³/mol. The molecule has 2 unspecified atom stereocenters. The minimum atomic E-state index is -0.374. The molecule has 2 heterocycles. The van der Waals surface area contributed by atoms with Crippen LogP contribution in [0.1, 0.15) is 29.6 Å². The van der Waals surface area contributed by atoms with E-state index in [1.807, 2.05) is 12.1 Å². The van der Waals surface area contributed by atoms with Gasteiger partial charge in [-0.25, -0.2) is 4.39 Å². The van der Waals surface area contributed by atoms with E-state index in [1.54, 1.807) is 30.6 Å². The number of para-hydroxylation sites is 1. The van der Waals surface area contributed by atoms with Crippen LogP contribution >= 0.6 is 0 Å². The minimum absolute atomic E-state index is 0.0400. The van der Waals surface area contributed by atoms with Crippen LogP contribution in [0.2, 0.25) is 0 Å². The van der Waals surface area contributed by atoms with Crippen LogP contribution in [0.25, 0.3) is 16.8 Å². The van der Waals surface area contributed by atoms with Gasteiger partial charge in [-0.2, -0.15) is 20.0 Å². The van der Waals surface area contributed by atoms with Crippen LogP contribution < -0.4 is 10.6 Å². The molecule has 0 bridgehead atoms. The van der Waals surface area contributed by atoms with E-state index < -0.39 is 0 Å². The molecule has 5 rings (SSSR count). The topological polar surface area (TPSA) is 97.9 Å². The van der Waals surface area contributed by atoms with Crippen molar-refractivity contribution in [2.45, 2.75) is 31.3 Å². The normalized spacial score (nSPS) is 18.6. The number of rotatable bonds is 5. The maximum Gasteiger partial charge on any atom is 0.295 e. The Bertz CT molecular complexity index is 1190. The fourth-order valence-corrected chi connectivity index (χ4v) is 3.85. The first-order valence-corrected chi connectivity index (χ1v) is 9.76. The molecule has 1 saturated carbocycles. The highest BCUT2D eigenvalue weighted by Gasteiger charge is 2.30. The number of nitrogens with one attached hydrogen (secondary N) is 2. The third-order valence-electron chi connectivity index (χ3n) is 5.27. The number of amides is 1. The zero-order valence-corrected chi connectivity index (χ0v) is 16.0. The highest BCUT2D eigenvalue weighted by Crippen LogP contribution is 2.26. The van der Waals surface area contributed by atoms with Crippen LogP contribution in [-0.4, -0.2) is 38.0 Å². The number of carbonyl (C=O) groups excluding carboxylic acids is 1. The van der Waals surface area contributed by atoms with Gasteiger partial charge in [0.1, 0.15) is 11.3 Å². The molecule has 2 N–H and O–H groups in total. The predicted octanol–water partition coefficient (Wildman–Crippen LogP) is 3.31. The van der Waals surface area contributed by atoms with Crippen molar-refractivity contribution in [2.75, 3.05) is 5.32 Å². The van der Waals surface area contributed by atoms with Crippen molar-refractivity contribution in [1.29, 1.82) is 0 Å². The summed E-state index contributed by atoms with van der Waals surface area (Å²) in [5.74, 6) is -0.567. The lowest BCUT2D eigenvalue weighted by Crippen LogP contribution is -2.43. The highest BCUT2D eigenvalue weighted by molar-refractivity contribution is 5.98. The van der Waals surface area contributed by atoms with Gasteiger partial charge in [0.25, 0.3) is 11.9 Å². The Balaban J connectivity index is 1.33. The summed E-state index contributed by atoms with van der Waals surface area (Å²) in [6.45, 7) is 0. The van der Waals surface area contributed by atoms with Gasteiger partial charge in [0, 0.05) is 12.1 Å². The number of carbonyl (C=O) groups is 1. The molecule has 1 aliphatic rings. The molecule has 8 nitrogen and oxygen atoms in total. The van der Waals surface area contributed by atoms with Crippen LogP contribution in [0.5, 0.6) is 0 Å². The highest BCUT2D eigenvalue weighted by atomic mass is 19.1. The molecule has 0 saturated heterocycles. The number of nitrogens with zero attached hydrogens (tertiary/aromatic N) is 4. The van der Waals surface area contributed by atoms with Crippen molar-refractivity contribution in [3.8, 4) is 5.69 Å². The lowest BCUT2D eigenvalue weighted by molar-refractivity contribution is 0.0935. The minimum Gasteiger partial charge on any atom is -0.423 e. The van der Waals surface area contributed by atoms with Gasteiger partial charge in [-0.1, -0.05) is 12.1 Å². The van der Waals surface area contributed by atoms with Crippen LogP contribution in [0, 0.1) is 5.82 Å². The van der Waals surface area contributed by atoms with E-state index in [1.165, 1.54) is 16.9 Å². The summed E-state index contributed by atoms with van der Waals surface area (Å²) in [4.78, 5) is 18.8. The fourth-order valence-electron chi connectivity index (χ4n) is 3.85. The lowest BCUT2D eigenvalue weighted by atomic mass is 10.1. The van der Waals surface area contributed by atoms with Crippen molar-refractivity contribution in [3.05, 3.63) is 66.2 Å². The van der Waals surface area contributed by atoms with Gasteiger partial charge in [0.15, 0.2) is 5.58 Å². The maximum absolute atomic E-state index is 13.4. The van der Waals surface area contributed by atoms with Crippen molar-refractivity contribution in [2.24, 2.45) is 0 Å². The van der Waals surface area contributed by atoms with Gasteiger partial charge < -0.3 is 15.1 Å². The second-order valence-corrected chi connectivity index (χ2v) is 7.23. The number of benzene rings is 2. The van der Waals surface area contributed by atoms with E-state index >= 15 is 0 Å². The van der Waals surface area contributed by atoms with E-state index in [-0.39, 0.29) is 23.8 Å². The quantitative estimate of drug-likeness (QED) is 0.528. The molecule has 1 fully saturated rings. The largest absolute Gasteiger partial charge is 0.423 e. The molecule has 2 atom stereocenters. The maximum atomic E-state index is 13.4. The summed E-state index contributed by atoms with van der Waals surface area (Å²) >= 11 is 0. The Morgan fingerprint density at radius 3 is 2.77 bits per heavy atom. The lowest BCUT2D eigenvalue weighted by Gasteiger charge is -2.22. The molecular weight excluding hydrogens is 387 g/mol. The first kappa shape index (κ1) is 18.3. The first-order valence-electron chi connectivity index (χ1n) is 9.76. The van der Waals surface area contributed by atoms with Crippen molar-refractivity contribution >= 4 is 23.0 Å². The van der Waals surface area contributed by atoms with Crippen LogP contribution in [0.4, 0.5) is 10.4 Å². The summed E-state index contributed by atoms with van der Waals surface area (Å²) in [6, 6.07) is 11.6. The molecule has 0 radical (unpaired) electrons. The van der Waals surface area contributed by atoms with Crippen LogP contribution in [0.3, 0.4) is 0 Å². The summed E-state index contributed by atoms with van der Waals surface area (Å²) in [5.41, 5.74) is 2.08. The second kappa shape index (κ2) is 7.58. The average molecular weight is 406 g/mol. The van der Waals surface area contributed by atoms with Crippen molar-refractivity contribution in [3.63, 3.8) is 0 Å². The van der Waals surface area contributed by atoms with Crippen LogP contribution in [-0.2, 0) is 0 Å². The molecule has 152 valence electrons. The van der Waals surface area contributed by atoms with Gasteiger partial charge in [-0.15, -0.1) is 0 Å². The van der Waals surface area contributed by atoms with Gasteiger partial charge in [-0.05, 0) is 43.5 Å². The van der Waals surface area contributed by atoms with Gasteiger partial charge in [0.05, 0.1) is 29.7 Å². The average Bonchev–Trinajstić information content (AvgIpc) is 3.49. The number of fused-ring (bicyclic) bond motifs is 1. The Kier molecular flexibility index (Phi) is 4.62. The standard InChI is InChI=1S/C21H19FN6O2/c22-13-8-9-17-19(12-13)30-21(27-17)26-16-6-3-5-15(16)25-20(29)14-4-1-2-7-18(14)28-23-10-11-24-28/h1-2,4,7-12,15-16H,3,5-6H2,(H,25,29)(H,26,27). The Hall–Kier alpha value is -3.75. The first-order chi connectivity index (χ1) is 14.7. The molecule has 1 amide bonds. The van der Waals surface area contributed by atoms with E-state index in [2.05, 4.69) is 25.8 Å². The second-order valence-electron chi connectivity index (χ2n) is 7.23. The zero-order valence-electron chi connectivity index (χ0n) is 16.0. The molecule has 0 aliphatic heterocycles. The Labute approximate surface area is 171 Å². The number of halogens is 1. The molecule has 2 aromatic heterocycles. The molecule has 4 aromatic rings. The molecular formula is C21H19FN6O2. The summed E-state index contributed by atoms with van der Waals surface area (Å²) in [7, 11) is 0. The summed E-state index contributed by atoms with van der Waals surface area (Å²) in [5, 5.41) is 14.6. The van der Waals surface area contributed by atoms with E-state index in [0.29, 0.717) is 28.4 Å². The van der Waals surface area contributed by atoms with E-state index in [9.17, 15) is 9.18 Å². The SMILES string of the molecule is O=C(NC1CCCC1Nc1nc2ccc(F)cc2o1)c1ccccc1-n1nccn1.